The number of aldehydes is 1. The van der Waals surface area contributed by atoms with Crippen LogP contribution in [0.2, 0.25) is 0 Å². The molecule has 0 aliphatic carbocycles. The van der Waals surface area contributed by atoms with Crippen LogP contribution in [0, 0.1) is 5.92 Å². The van der Waals surface area contributed by atoms with Crippen molar-refractivity contribution in [3.8, 4) is 16.9 Å². The summed E-state index contributed by atoms with van der Waals surface area (Å²) in [5, 5.41) is 8.72. The molecule has 1 aromatic heterocycles. The molecular weight excluding hydrogens is 366 g/mol. The number of para-hydroxylation sites is 1. The number of rotatable bonds is 7. The van der Waals surface area contributed by atoms with Gasteiger partial charge in [0.15, 0.2) is 0 Å². The van der Waals surface area contributed by atoms with Crippen LogP contribution in [0.15, 0.2) is 66.9 Å². The van der Waals surface area contributed by atoms with Gasteiger partial charge in [-0.1, -0.05) is 55.5 Å². The van der Waals surface area contributed by atoms with Crippen molar-refractivity contribution in [2.24, 2.45) is 5.92 Å². The summed E-state index contributed by atoms with van der Waals surface area (Å²) in [4.78, 5) is 11.3. The Kier molecular flexibility index (Phi) is 5.93. The normalized spacial score (nSPS) is 18.7. The average Bonchev–Trinajstić information content (AvgIpc) is 3.41. The van der Waals surface area contributed by atoms with E-state index in [1.54, 1.807) is 0 Å². The molecule has 2 heterocycles. The Morgan fingerprint density at radius 3 is 2.54 bits per heavy atom. The van der Waals surface area contributed by atoms with E-state index in [1.807, 2.05) is 46.9 Å². The van der Waals surface area contributed by atoms with Crippen LogP contribution < -0.4 is 5.32 Å². The van der Waals surface area contributed by atoms with Gasteiger partial charge >= 0.3 is 0 Å². The van der Waals surface area contributed by atoms with Gasteiger partial charge in [0, 0.05) is 35.8 Å². The molecule has 1 N–H and O–H groups in total. The van der Waals surface area contributed by atoms with Crippen molar-refractivity contribution in [1.82, 2.24) is 15.1 Å². The first kappa shape index (κ1) is 19.0. The maximum Gasteiger partial charge on any atom is 0.120 e. The van der Waals surface area contributed by atoms with Crippen LogP contribution in [0.25, 0.3) is 16.9 Å². The summed E-state index contributed by atoms with van der Waals surface area (Å²) in [6, 6.07) is 20.7. The molecule has 0 spiro atoms. The molecule has 144 valence electrons. The van der Waals surface area contributed by atoms with Gasteiger partial charge < -0.3 is 10.1 Å². The summed E-state index contributed by atoms with van der Waals surface area (Å²) in [5.41, 5.74) is 4.51. The van der Waals surface area contributed by atoms with E-state index in [1.165, 1.54) is 5.56 Å². The van der Waals surface area contributed by atoms with Crippen LogP contribution in [0.3, 0.4) is 0 Å². The molecule has 1 fully saturated rings. The van der Waals surface area contributed by atoms with E-state index < -0.39 is 0 Å². The minimum Gasteiger partial charge on any atom is -0.304 e. The molecule has 1 aliphatic rings. The Morgan fingerprint density at radius 2 is 1.89 bits per heavy atom. The Balaban J connectivity index is 1.87. The lowest BCUT2D eigenvalue weighted by Gasteiger charge is -2.28. The van der Waals surface area contributed by atoms with E-state index in [0.29, 0.717) is 11.8 Å². The summed E-state index contributed by atoms with van der Waals surface area (Å²) >= 11 is 1.94. The summed E-state index contributed by atoms with van der Waals surface area (Å²) < 4.78 is 2.03. The Bertz CT molecular complexity index is 904. The van der Waals surface area contributed by atoms with Crippen LogP contribution in [0.5, 0.6) is 0 Å². The molecule has 3 aromatic rings. The number of aromatic nitrogens is 2. The van der Waals surface area contributed by atoms with Crippen LogP contribution in [0.4, 0.5) is 0 Å². The monoisotopic (exact) mass is 391 g/mol. The standard InChI is InChI=1S/C23H25N3OS/c1-17(12-14-27)21(23-24-13-15-28-23)20-16-25-26(19-10-6-3-7-11-19)22(20)18-8-4-2-5-9-18/h2-11,14,16-17,21,23-24H,12-13,15H2,1H3. The van der Waals surface area contributed by atoms with E-state index >= 15 is 0 Å². The van der Waals surface area contributed by atoms with Gasteiger partial charge in [0.1, 0.15) is 6.29 Å². The molecule has 5 heteroatoms. The summed E-state index contributed by atoms with van der Waals surface area (Å²) in [5.74, 6) is 1.55. The largest absolute Gasteiger partial charge is 0.304 e. The molecule has 28 heavy (non-hydrogen) atoms. The van der Waals surface area contributed by atoms with E-state index in [0.717, 1.165) is 35.5 Å². The highest BCUT2D eigenvalue weighted by atomic mass is 32.2. The molecule has 0 bridgehead atoms. The fraction of sp³-hybridized carbons (Fsp3) is 0.304. The van der Waals surface area contributed by atoms with Crippen LogP contribution in [0.1, 0.15) is 24.8 Å². The molecule has 3 unspecified atom stereocenters. The second-order valence-corrected chi connectivity index (χ2v) is 8.46. The van der Waals surface area contributed by atoms with Crippen molar-refractivity contribution in [2.45, 2.75) is 24.6 Å². The molecule has 3 atom stereocenters. The van der Waals surface area contributed by atoms with E-state index in [9.17, 15) is 4.79 Å². The average molecular weight is 392 g/mol. The molecule has 1 saturated heterocycles. The van der Waals surface area contributed by atoms with Crippen molar-refractivity contribution in [3.63, 3.8) is 0 Å². The zero-order chi connectivity index (χ0) is 19.3. The molecule has 0 amide bonds. The number of nitrogens with zero attached hydrogens (tertiary/aromatic N) is 2. The highest BCUT2D eigenvalue weighted by molar-refractivity contribution is 8.00. The molecule has 2 aromatic carbocycles. The highest BCUT2D eigenvalue weighted by Gasteiger charge is 2.34. The smallest absolute Gasteiger partial charge is 0.120 e. The predicted molar refractivity (Wildman–Crippen MR) is 116 cm³/mol. The van der Waals surface area contributed by atoms with Gasteiger partial charge in [-0.2, -0.15) is 5.10 Å². The predicted octanol–water partition coefficient (Wildman–Crippen LogP) is 4.51. The zero-order valence-electron chi connectivity index (χ0n) is 16.0. The van der Waals surface area contributed by atoms with Crippen LogP contribution >= 0.6 is 11.8 Å². The van der Waals surface area contributed by atoms with Crippen molar-refractivity contribution in [2.75, 3.05) is 12.3 Å². The molecule has 1 aliphatic heterocycles. The van der Waals surface area contributed by atoms with Gasteiger partial charge in [-0.15, -0.1) is 11.8 Å². The Morgan fingerprint density at radius 1 is 1.18 bits per heavy atom. The number of carbonyl (C=O) groups is 1. The number of hydrogen-bond acceptors (Lipinski definition) is 4. The molecule has 0 radical (unpaired) electrons. The van der Waals surface area contributed by atoms with Crippen molar-refractivity contribution >= 4 is 18.0 Å². The topological polar surface area (TPSA) is 46.9 Å². The molecule has 0 saturated carbocycles. The third-order valence-electron chi connectivity index (χ3n) is 5.36. The van der Waals surface area contributed by atoms with E-state index in [-0.39, 0.29) is 11.8 Å². The first-order valence-electron chi connectivity index (χ1n) is 9.77. The van der Waals surface area contributed by atoms with Gasteiger partial charge in [0.2, 0.25) is 0 Å². The van der Waals surface area contributed by atoms with Gasteiger partial charge in [0.25, 0.3) is 0 Å². The summed E-state index contributed by atoms with van der Waals surface area (Å²) in [6.45, 7) is 3.18. The fourth-order valence-electron chi connectivity index (χ4n) is 4.00. The molecule has 4 rings (SSSR count). The lowest BCUT2D eigenvalue weighted by Crippen LogP contribution is -2.31. The second-order valence-electron chi connectivity index (χ2n) is 7.21. The van der Waals surface area contributed by atoms with Crippen LogP contribution in [-0.4, -0.2) is 33.7 Å². The third kappa shape index (κ3) is 3.77. The summed E-state index contributed by atoms with van der Waals surface area (Å²) in [6.07, 6.45) is 3.59. The number of hydrogen-bond donors (Lipinski definition) is 1. The minimum atomic E-state index is 0.213. The first-order valence-corrected chi connectivity index (χ1v) is 10.8. The van der Waals surface area contributed by atoms with E-state index in [2.05, 4.69) is 48.6 Å². The van der Waals surface area contributed by atoms with Crippen molar-refractivity contribution in [3.05, 3.63) is 72.4 Å². The SMILES string of the molecule is CC(CC=O)C(c1cnn(-c2ccccc2)c1-c1ccccc1)C1NCCS1. The first-order chi connectivity index (χ1) is 13.8. The highest BCUT2D eigenvalue weighted by Crippen LogP contribution is 2.41. The number of benzene rings is 2. The van der Waals surface area contributed by atoms with Crippen molar-refractivity contribution < 1.29 is 4.79 Å². The lowest BCUT2D eigenvalue weighted by molar-refractivity contribution is -0.108. The van der Waals surface area contributed by atoms with Crippen molar-refractivity contribution in [1.29, 1.82) is 0 Å². The number of nitrogens with one attached hydrogen (secondary N) is 1. The molecule has 4 nitrogen and oxygen atoms in total. The maximum atomic E-state index is 11.3. The third-order valence-corrected chi connectivity index (χ3v) is 6.62. The quantitative estimate of drug-likeness (QED) is 0.602. The van der Waals surface area contributed by atoms with Crippen LogP contribution in [-0.2, 0) is 4.79 Å². The van der Waals surface area contributed by atoms with Gasteiger partial charge in [0.05, 0.1) is 23.0 Å². The minimum absolute atomic E-state index is 0.213. The second kappa shape index (κ2) is 8.76. The van der Waals surface area contributed by atoms with Gasteiger partial charge in [-0.3, -0.25) is 0 Å². The zero-order valence-corrected chi connectivity index (χ0v) is 16.8. The summed E-state index contributed by atoms with van der Waals surface area (Å²) in [7, 11) is 0. The number of carbonyl (C=O) groups excluding carboxylic acids is 1. The maximum absolute atomic E-state index is 11.3. The number of thioether (sulfide) groups is 1. The van der Waals surface area contributed by atoms with E-state index in [4.69, 9.17) is 5.10 Å². The fourth-order valence-corrected chi connectivity index (χ4v) is 5.35. The van der Waals surface area contributed by atoms with Gasteiger partial charge in [-0.25, -0.2) is 4.68 Å². The molecular formula is C23H25N3OS. The van der Waals surface area contributed by atoms with Gasteiger partial charge in [-0.05, 0) is 18.1 Å². The Labute approximate surface area is 170 Å². The lowest BCUT2D eigenvalue weighted by atomic mass is 9.84. The Hall–Kier alpha value is -2.37.